The highest BCUT2D eigenvalue weighted by molar-refractivity contribution is 7.93. The molecule has 0 aliphatic rings. The second-order valence-corrected chi connectivity index (χ2v) is 9.14. The van der Waals surface area contributed by atoms with Gasteiger partial charge in [0.2, 0.25) is 19.9 Å². The number of thiophene rings is 1. The maximum Gasteiger partial charge on any atom is 0.229 e. The van der Waals surface area contributed by atoms with Crippen LogP contribution in [0.4, 0.5) is 5.69 Å². The third kappa shape index (κ3) is 3.60. The molecule has 21 heavy (non-hydrogen) atoms. The van der Waals surface area contributed by atoms with E-state index in [1.54, 1.807) is 0 Å². The predicted octanol–water partition coefficient (Wildman–Crippen LogP) is 1.82. The maximum atomic E-state index is 12.3. The highest BCUT2D eigenvalue weighted by atomic mass is 32.2. The third-order valence-corrected chi connectivity index (χ3v) is 6.28. The molecule has 0 unspecified atom stereocenters. The smallest absolute Gasteiger partial charge is 0.229 e. The lowest BCUT2D eigenvalue weighted by Gasteiger charge is -2.05. The summed E-state index contributed by atoms with van der Waals surface area (Å²) in [6.45, 7) is 0. The summed E-state index contributed by atoms with van der Waals surface area (Å²) in [5, 5.41) is 8.73. The molecule has 0 aliphatic carbocycles. The van der Waals surface area contributed by atoms with Crippen molar-refractivity contribution < 1.29 is 16.8 Å². The van der Waals surface area contributed by atoms with Gasteiger partial charge < -0.3 is 0 Å². The lowest BCUT2D eigenvalue weighted by molar-refractivity contribution is 0.598. The first kappa shape index (κ1) is 15.5. The number of sulfonamides is 1. The summed E-state index contributed by atoms with van der Waals surface area (Å²) in [4.78, 5) is 0.344. The average molecular weight is 342 g/mol. The highest BCUT2D eigenvalue weighted by Crippen LogP contribution is 2.28. The molecule has 1 aromatic carbocycles. The van der Waals surface area contributed by atoms with Crippen LogP contribution in [0.2, 0.25) is 0 Å². The minimum Gasteiger partial charge on any atom is -0.284 e. The van der Waals surface area contributed by atoms with E-state index in [0.29, 0.717) is 4.88 Å². The zero-order chi connectivity index (χ0) is 15.7. The molecule has 0 saturated heterocycles. The third-order valence-electron chi connectivity index (χ3n) is 2.42. The van der Waals surface area contributed by atoms with Crippen molar-refractivity contribution >= 4 is 36.9 Å². The van der Waals surface area contributed by atoms with E-state index in [4.69, 9.17) is 5.26 Å². The van der Waals surface area contributed by atoms with Crippen molar-refractivity contribution in [2.24, 2.45) is 0 Å². The predicted molar refractivity (Wildman–Crippen MR) is 79.4 cm³/mol. The normalized spacial score (nSPS) is 11.8. The van der Waals surface area contributed by atoms with E-state index < -0.39 is 19.9 Å². The fraction of sp³-hybridized carbons (Fsp3) is 0.0833. The van der Waals surface area contributed by atoms with Gasteiger partial charge >= 0.3 is 0 Å². The number of nitrogens with one attached hydrogen (secondary N) is 1. The molecule has 0 aliphatic heterocycles. The fourth-order valence-electron chi connectivity index (χ4n) is 1.56. The van der Waals surface area contributed by atoms with Crippen LogP contribution in [0.1, 0.15) is 4.88 Å². The molecule has 1 N–H and O–H groups in total. The molecule has 9 heteroatoms. The highest BCUT2D eigenvalue weighted by Gasteiger charge is 2.20. The Morgan fingerprint density at radius 3 is 2.14 bits per heavy atom. The Kier molecular flexibility index (Phi) is 4.04. The zero-order valence-corrected chi connectivity index (χ0v) is 13.2. The van der Waals surface area contributed by atoms with E-state index in [0.717, 1.165) is 17.6 Å². The number of rotatable bonds is 4. The SMILES string of the molecule is CS(=O)(=O)Nc1ccc(S(=O)(=O)c2ccc(C#N)s2)cc1. The van der Waals surface area contributed by atoms with Gasteiger partial charge in [-0.1, -0.05) is 0 Å². The molecule has 1 aromatic heterocycles. The average Bonchev–Trinajstić information content (AvgIpc) is 2.87. The summed E-state index contributed by atoms with van der Waals surface area (Å²) in [7, 11) is -7.11. The summed E-state index contributed by atoms with van der Waals surface area (Å²) < 4.78 is 49.1. The van der Waals surface area contributed by atoms with Crippen LogP contribution in [0, 0.1) is 11.3 Å². The Morgan fingerprint density at radius 1 is 1.05 bits per heavy atom. The molecule has 0 atom stereocenters. The topological polar surface area (TPSA) is 104 Å². The zero-order valence-electron chi connectivity index (χ0n) is 10.8. The molecule has 110 valence electrons. The van der Waals surface area contributed by atoms with Gasteiger partial charge in [-0.2, -0.15) is 5.26 Å². The van der Waals surface area contributed by atoms with Crippen LogP contribution in [-0.2, 0) is 19.9 Å². The van der Waals surface area contributed by atoms with Crippen LogP contribution in [-0.4, -0.2) is 23.1 Å². The summed E-state index contributed by atoms with van der Waals surface area (Å²) in [6, 6.07) is 10.1. The van der Waals surface area contributed by atoms with Gasteiger partial charge in [-0.3, -0.25) is 4.72 Å². The molecule has 0 bridgehead atoms. The van der Waals surface area contributed by atoms with Crippen molar-refractivity contribution in [3.05, 3.63) is 41.3 Å². The van der Waals surface area contributed by atoms with Gasteiger partial charge in [-0.15, -0.1) is 11.3 Å². The first-order valence-electron chi connectivity index (χ1n) is 5.55. The Balaban J connectivity index is 2.36. The van der Waals surface area contributed by atoms with Gasteiger partial charge in [0.15, 0.2) is 0 Å². The Bertz CT molecular complexity index is 904. The van der Waals surface area contributed by atoms with Gasteiger partial charge in [-0.25, -0.2) is 16.8 Å². The molecule has 0 spiro atoms. The molecule has 2 rings (SSSR count). The first-order chi connectivity index (χ1) is 9.72. The Morgan fingerprint density at radius 2 is 1.67 bits per heavy atom. The second-order valence-electron chi connectivity index (χ2n) is 4.13. The van der Waals surface area contributed by atoms with E-state index in [-0.39, 0.29) is 14.8 Å². The van der Waals surface area contributed by atoms with Crippen molar-refractivity contribution in [3.8, 4) is 6.07 Å². The molecule has 1 heterocycles. The standard InChI is InChI=1S/C12H10N2O4S3/c1-20(15,16)14-9-2-5-11(6-3-9)21(17,18)12-7-4-10(8-13)19-12/h2-7,14H,1H3. The second kappa shape index (κ2) is 5.48. The molecule has 6 nitrogen and oxygen atoms in total. The lowest BCUT2D eigenvalue weighted by Crippen LogP contribution is -2.09. The van der Waals surface area contributed by atoms with Gasteiger partial charge in [-0.05, 0) is 36.4 Å². The monoisotopic (exact) mass is 342 g/mol. The Labute approximate surface area is 126 Å². The van der Waals surface area contributed by atoms with Crippen LogP contribution in [0.15, 0.2) is 45.5 Å². The number of benzene rings is 1. The molecular weight excluding hydrogens is 332 g/mol. The lowest BCUT2D eigenvalue weighted by atomic mass is 10.3. The van der Waals surface area contributed by atoms with E-state index in [9.17, 15) is 16.8 Å². The molecular formula is C12H10N2O4S3. The van der Waals surface area contributed by atoms with Crippen LogP contribution < -0.4 is 4.72 Å². The number of sulfone groups is 1. The van der Waals surface area contributed by atoms with Crippen molar-refractivity contribution in [1.29, 1.82) is 5.26 Å². The van der Waals surface area contributed by atoms with Crippen molar-refractivity contribution in [3.63, 3.8) is 0 Å². The summed E-state index contributed by atoms with van der Waals surface area (Å²) in [5.41, 5.74) is 0.278. The van der Waals surface area contributed by atoms with Crippen LogP contribution in [0.25, 0.3) is 0 Å². The van der Waals surface area contributed by atoms with Crippen LogP contribution in [0.3, 0.4) is 0 Å². The van der Waals surface area contributed by atoms with Crippen molar-refractivity contribution in [2.45, 2.75) is 9.10 Å². The van der Waals surface area contributed by atoms with Gasteiger partial charge in [0.1, 0.15) is 15.2 Å². The number of nitriles is 1. The fourth-order valence-corrected chi connectivity index (χ4v) is 4.63. The van der Waals surface area contributed by atoms with Crippen molar-refractivity contribution in [2.75, 3.05) is 11.0 Å². The summed E-state index contributed by atoms with van der Waals surface area (Å²) >= 11 is 0.888. The molecule has 0 amide bonds. The van der Waals surface area contributed by atoms with E-state index in [1.807, 2.05) is 6.07 Å². The first-order valence-corrected chi connectivity index (χ1v) is 9.74. The quantitative estimate of drug-likeness (QED) is 0.912. The van der Waals surface area contributed by atoms with Crippen LogP contribution in [0.5, 0.6) is 0 Å². The number of hydrogen-bond acceptors (Lipinski definition) is 6. The van der Waals surface area contributed by atoms with E-state index >= 15 is 0 Å². The van der Waals surface area contributed by atoms with Gasteiger partial charge in [0.25, 0.3) is 0 Å². The summed E-state index contributed by atoms with van der Waals surface area (Å²) in [5.74, 6) is 0. The largest absolute Gasteiger partial charge is 0.284 e. The van der Waals surface area contributed by atoms with Gasteiger partial charge in [0.05, 0.1) is 11.2 Å². The molecule has 0 fully saturated rings. The van der Waals surface area contributed by atoms with Crippen LogP contribution >= 0.6 is 11.3 Å². The van der Waals surface area contributed by atoms with Crippen molar-refractivity contribution in [1.82, 2.24) is 0 Å². The number of anilines is 1. The Hall–Kier alpha value is -1.89. The maximum absolute atomic E-state index is 12.3. The molecule has 2 aromatic rings. The van der Waals surface area contributed by atoms with E-state index in [1.165, 1.54) is 36.4 Å². The molecule has 0 radical (unpaired) electrons. The molecule has 0 saturated carbocycles. The van der Waals surface area contributed by atoms with E-state index in [2.05, 4.69) is 4.72 Å². The summed E-state index contributed by atoms with van der Waals surface area (Å²) in [6.07, 6.45) is 1.01. The minimum absolute atomic E-state index is 0.0351. The number of nitrogens with zero attached hydrogens (tertiary/aromatic N) is 1. The number of hydrogen-bond donors (Lipinski definition) is 1. The van der Waals surface area contributed by atoms with Gasteiger partial charge in [0, 0.05) is 5.69 Å². The minimum atomic E-state index is -3.70.